The summed E-state index contributed by atoms with van der Waals surface area (Å²) in [6.45, 7) is 4.15. The van der Waals surface area contributed by atoms with E-state index in [1.165, 1.54) is 25.8 Å². The van der Waals surface area contributed by atoms with Gasteiger partial charge in [0.2, 0.25) is 0 Å². The standard InChI is InChI=1S/C10H20N2/c1-7(5-11)12-6-10-8-3-2-4-9(8)10/h7-10,12H,2-6,11H2,1H3. The molecule has 2 saturated carbocycles. The van der Waals surface area contributed by atoms with E-state index in [2.05, 4.69) is 12.2 Å². The number of nitrogens with one attached hydrogen (secondary N) is 1. The second kappa shape index (κ2) is 3.35. The fourth-order valence-electron chi connectivity index (χ4n) is 2.69. The molecule has 2 aliphatic rings. The summed E-state index contributed by atoms with van der Waals surface area (Å²) < 4.78 is 0. The number of rotatable bonds is 4. The van der Waals surface area contributed by atoms with E-state index in [9.17, 15) is 0 Å². The summed E-state index contributed by atoms with van der Waals surface area (Å²) in [4.78, 5) is 0. The van der Waals surface area contributed by atoms with Crippen LogP contribution in [0, 0.1) is 17.8 Å². The van der Waals surface area contributed by atoms with Gasteiger partial charge >= 0.3 is 0 Å². The van der Waals surface area contributed by atoms with Crippen molar-refractivity contribution in [1.29, 1.82) is 0 Å². The molecular formula is C10H20N2. The van der Waals surface area contributed by atoms with Crippen LogP contribution in [0.5, 0.6) is 0 Å². The Kier molecular flexibility index (Phi) is 2.37. The third kappa shape index (κ3) is 1.50. The van der Waals surface area contributed by atoms with Gasteiger partial charge in [-0.15, -0.1) is 0 Å². The number of hydrogen-bond donors (Lipinski definition) is 2. The van der Waals surface area contributed by atoms with Crippen molar-refractivity contribution in [3.8, 4) is 0 Å². The van der Waals surface area contributed by atoms with Crippen LogP contribution in [0.4, 0.5) is 0 Å². The molecule has 0 aromatic carbocycles. The lowest BCUT2D eigenvalue weighted by Crippen LogP contribution is -2.35. The molecule has 0 radical (unpaired) electrons. The zero-order valence-electron chi connectivity index (χ0n) is 7.92. The zero-order valence-corrected chi connectivity index (χ0v) is 7.92. The molecule has 2 rings (SSSR count). The molecule has 0 spiro atoms. The van der Waals surface area contributed by atoms with Gasteiger partial charge in [-0.05, 0) is 44.1 Å². The topological polar surface area (TPSA) is 38.0 Å². The Bertz CT molecular complexity index is 148. The minimum absolute atomic E-state index is 0.506. The quantitative estimate of drug-likeness (QED) is 0.656. The van der Waals surface area contributed by atoms with Crippen LogP contribution in [0.3, 0.4) is 0 Å². The molecule has 12 heavy (non-hydrogen) atoms. The summed E-state index contributed by atoms with van der Waals surface area (Å²) in [5, 5.41) is 3.50. The zero-order chi connectivity index (χ0) is 8.55. The van der Waals surface area contributed by atoms with Gasteiger partial charge < -0.3 is 11.1 Å². The molecule has 0 heterocycles. The van der Waals surface area contributed by atoms with Gasteiger partial charge in [0.05, 0.1) is 0 Å². The Morgan fingerprint density at radius 2 is 2.08 bits per heavy atom. The minimum Gasteiger partial charge on any atom is -0.329 e. The largest absolute Gasteiger partial charge is 0.329 e. The first-order valence-electron chi connectivity index (χ1n) is 5.26. The van der Waals surface area contributed by atoms with Crippen LogP contribution in [0.2, 0.25) is 0 Å². The minimum atomic E-state index is 0.506. The van der Waals surface area contributed by atoms with E-state index >= 15 is 0 Å². The Morgan fingerprint density at radius 1 is 1.42 bits per heavy atom. The predicted molar refractivity (Wildman–Crippen MR) is 50.8 cm³/mol. The van der Waals surface area contributed by atoms with E-state index in [4.69, 9.17) is 5.73 Å². The first kappa shape index (κ1) is 8.52. The fraction of sp³-hybridized carbons (Fsp3) is 1.00. The Balaban J connectivity index is 1.63. The highest BCUT2D eigenvalue weighted by atomic mass is 14.9. The third-order valence-electron chi connectivity index (χ3n) is 3.64. The van der Waals surface area contributed by atoms with E-state index in [1.54, 1.807) is 0 Å². The fourth-order valence-corrected chi connectivity index (χ4v) is 2.69. The van der Waals surface area contributed by atoms with E-state index in [0.717, 1.165) is 24.3 Å². The van der Waals surface area contributed by atoms with E-state index in [-0.39, 0.29) is 0 Å². The van der Waals surface area contributed by atoms with Crippen LogP contribution in [-0.2, 0) is 0 Å². The van der Waals surface area contributed by atoms with Gasteiger partial charge in [-0.1, -0.05) is 6.42 Å². The maximum atomic E-state index is 5.53. The summed E-state index contributed by atoms with van der Waals surface area (Å²) in [6.07, 6.45) is 4.47. The summed E-state index contributed by atoms with van der Waals surface area (Å²) in [7, 11) is 0. The maximum absolute atomic E-state index is 5.53. The van der Waals surface area contributed by atoms with Crippen LogP contribution >= 0.6 is 0 Å². The second-order valence-electron chi connectivity index (χ2n) is 4.47. The van der Waals surface area contributed by atoms with Crippen molar-refractivity contribution in [2.24, 2.45) is 23.5 Å². The molecule has 2 fully saturated rings. The third-order valence-corrected chi connectivity index (χ3v) is 3.64. The normalized spacial score (nSPS) is 41.0. The summed E-state index contributed by atoms with van der Waals surface area (Å²) in [6, 6.07) is 0.506. The van der Waals surface area contributed by atoms with Crippen LogP contribution in [0.1, 0.15) is 26.2 Å². The molecule has 0 aliphatic heterocycles. The van der Waals surface area contributed by atoms with Gasteiger partial charge in [0, 0.05) is 12.6 Å². The SMILES string of the molecule is CC(CN)NCC1C2CCCC21. The number of fused-ring (bicyclic) bond motifs is 1. The van der Waals surface area contributed by atoms with Crippen molar-refractivity contribution in [1.82, 2.24) is 5.32 Å². The highest BCUT2D eigenvalue weighted by molar-refractivity contribution is 5.01. The first-order chi connectivity index (χ1) is 5.83. The second-order valence-corrected chi connectivity index (χ2v) is 4.47. The summed E-state index contributed by atoms with van der Waals surface area (Å²) in [5.74, 6) is 3.18. The van der Waals surface area contributed by atoms with Gasteiger partial charge in [-0.25, -0.2) is 0 Å². The van der Waals surface area contributed by atoms with Crippen LogP contribution in [0.15, 0.2) is 0 Å². The molecular weight excluding hydrogens is 148 g/mol. The summed E-state index contributed by atoms with van der Waals surface area (Å²) >= 11 is 0. The maximum Gasteiger partial charge on any atom is 0.0162 e. The monoisotopic (exact) mass is 168 g/mol. The summed E-state index contributed by atoms with van der Waals surface area (Å²) in [5.41, 5.74) is 5.53. The lowest BCUT2D eigenvalue weighted by Gasteiger charge is -2.11. The Labute approximate surface area is 74.9 Å². The van der Waals surface area contributed by atoms with Crippen LogP contribution < -0.4 is 11.1 Å². The highest BCUT2D eigenvalue weighted by Gasteiger charge is 2.51. The van der Waals surface area contributed by atoms with Crippen molar-refractivity contribution in [2.75, 3.05) is 13.1 Å². The van der Waals surface area contributed by atoms with E-state index in [1.807, 2.05) is 0 Å². The molecule has 0 amide bonds. The lowest BCUT2D eigenvalue weighted by atomic mass is 10.1. The average molecular weight is 168 g/mol. The molecule has 2 aliphatic carbocycles. The van der Waals surface area contributed by atoms with Crippen LogP contribution in [-0.4, -0.2) is 19.1 Å². The highest BCUT2D eigenvalue weighted by Crippen LogP contribution is 2.56. The smallest absolute Gasteiger partial charge is 0.0162 e. The van der Waals surface area contributed by atoms with Crippen molar-refractivity contribution in [3.05, 3.63) is 0 Å². The van der Waals surface area contributed by atoms with Gasteiger partial charge in [0.25, 0.3) is 0 Å². The Morgan fingerprint density at radius 3 is 2.67 bits per heavy atom. The van der Waals surface area contributed by atoms with Crippen molar-refractivity contribution in [2.45, 2.75) is 32.2 Å². The van der Waals surface area contributed by atoms with E-state index < -0.39 is 0 Å². The Hall–Kier alpha value is -0.0800. The van der Waals surface area contributed by atoms with Crippen molar-refractivity contribution in [3.63, 3.8) is 0 Å². The van der Waals surface area contributed by atoms with Gasteiger partial charge in [0.15, 0.2) is 0 Å². The molecule has 0 aromatic heterocycles. The first-order valence-corrected chi connectivity index (χ1v) is 5.26. The molecule has 3 unspecified atom stereocenters. The van der Waals surface area contributed by atoms with Crippen LogP contribution in [0.25, 0.3) is 0 Å². The molecule has 0 bridgehead atoms. The van der Waals surface area contributed by atoms with E-state index in [0.29, 0.717) is 6.04 Å². The average Bonchev–Trinajstić information content (AvgIpc) is 2.55. The molecule has 2 nitrogen and oxygen atoms in total. The number of nitrogens with two attached hydrogens (primary N) is 1. The lowest BCUT2D eigenvalue weighted by molar-refractivity contribution is 0.485. The molecule has 3 atom stereocenters. The van der Waals surface area contributed by atoms with Gasteiger partial charge in [-0.2, -0.15) is 0 Å². The number of hydrogen-bond acceptors (Lipinski definition) is 2. The van der Waals surface area contributed by atoms with Crippen molar-refractivity contribution < 1.29 is 0 Å². The van der Waals surface area contributed by atoms with Gasteiger partial charge in [-0.3, -0.25) is 0 Å². The molecule has 2 heteroatoms. The predicted octanol–water partition coefficient (Wildman–Crippen LogP) is 0.969. The molecule has 0 saturated heterocycles. The molecule has 0 aromatic rings. The van der Waals surface area contributed by atoms with Crippen molar-refractivity contribution >= 4 is 0 Å². The molecule has 70 valence electrons. The molecule has 3 N–H and O–H groups in total. The van der Waals surface area contributed by atoms with Gasteiger partial charge in [0.1, 0.15) is 0 Å².